The van der Waals surface area contributed by atoms with Crippen molar-refractivity contribution >= 4 is 5.91 Å². The van der Waals surface area contributed by atoms with Gasteiger partial charge in [0, 0.05) is 12.1 Å². The zero-order chi connectivity index (χ0) is 14.3. The topological polar surface area (TPSA) is 67.8 Å². The quantitative estimate of drug-likeness (QED) is 0.787. The Bertz CT molecular complexity index is 420. The van der Waals surface area contributed by atoms with Crippen molar-refractivity contribution in [3.8, 4) is 11.5 Å². The van der Waals surface area contributed by atoms with Crippen LogP contribution in [0.25, 0.3) is 0 Å². The fraction of sp³-hybridized carbons (Fsp3) is 0.500. The molecule has 1 rings (SSSR count). The highest BCUT2D eigenvalue weighted by Crippen LogP contribution is 2.27. The maximum absolute atomic E-state index is 11.9. The normalized spacial score (nSPS) is 11.8. The van der Waals surface area contributed by atoms with E-state index < -0.39 is 0 Å². The van der Waals surface area contributed by atoms with Gasteiger partial charge >= 0.3 is 0 Å². The van der Waals surface area contributed by atoms with E-state index in [9.17, 15) is 9.90 Å². The van der Waals surface area contributed by atoms with Crippen LogP contribution in [-0.2, 0) is 0 Å². The Labute approximate surface area is 113 Å². The van der Waals surface area contributed by atoms with Crippen LogP contribution >= 0.6 is 0 Å². The molecule has 0 radical (unpaired) electrons. The number of ether oxygens (including phenoxy) is 2. The number of benzene rings is 1. The molecule has 0 saturated heterocycles. The van der Waals surface area contributed by atoms with Gasteiger partial charge in [-0.2, -0.15) is 0 Å². The number of nitrogens with one attached hydrogen (secondary N) is 1. The highest BCUT2D eigenvalue weighted by molar-refractivity contribution is 5.94. The molecule has 2 N–H and O–H groups in total. The van der Waals surface area contributed by atoms with Crippen LogP contribution < -0.4 is 14.8 Å². The van der Waals surface area contributed by atoms with Gasteiger partial charge < -0.3 is 19.9 Å². The van der Waals surface area contributed by atoms with E-state index in [0.717, 1.165) is 0 Å². The lowest BCUT2D eigenvalue weighted by atomic mass is 10.1. The molecule has 106 valence electrons. The summed E-state index contributed by atoms with van der Waals surface area (Å²) in [4.78, 5) is 11.9. The molecule has 0 aliphatic heterocycles. The van der Waals surface area contributed by atoms with Crippen molar-refractivity contribution < 1.29 is 19.4 Å². The average Bonchev–Trinajstić information content (AvgIpc) is 2.45. The molecule has 0 aromatic heterocycles. The second-order valence-electron chi connectivity index (χ2n) is 4.18. The van der Waals surface area contributed by atoms with Crippen molar-refractivity contribution in [2.24, 2.45) is 0 Å². The van der Waals surface area contributed by atoms with Crippen LogP contribution in [0, 0.1) is 0 Å². The molecule has 5 heteroatoms. The van der Waals surface area contributed by atoms with Gasteiger partial charge in [-0.05, 0) is 31.0 Å². The first-order valence-corrected chi connectivity index (χ1v) is 6.30. The SMILES string of the molecule is CCC(O)CCNC(=O)c1ccc(OC)c(OC)c1. The zero-order valence-electron chi connectivity index (χ0n) is 11.6. The summed E-state index contributed by atoms with van der Waals surface area (Å²) >= 11 is 0. The Morgan fingerprint density at radius 1 is 1.32 bits per heavy atom. The standard InChI is InChI=1S/C14H21NO4/c1-4-11(16)7-8-15-14(17)10-5-6-12(18-2)13(9-10)19-3/h5-6,9,11,16H,4,7-8H2,1-3H3,(H,15,17). The third kappa shape index (κ3) is 4.44. The number of amides is 1. The first-order valence-electron chi connectivity index (χ1n) is 6.30. The predicted molar refractivity (Wildman–Crippen MR) is 72.8 cm³/mol. The van der Waals surface area contributed by atoms with E-state index in [4.69, 9.17) is 9.47 Å². The summed E-state index contributed by atoms with van der Waals surface area (Å²) < 4.78 is 10.3. The number of hydrogen-bond donors (Lipinski definition) is 2. The van der Waals surface area contributed by atoms with Gasteiger partial charge in [0.05, 0.1) is 20.3 Å². The maximum Gasteiger partial charge on any atom is 0.251 e. The smallest absolute Gasteiger partial charge is 0.251 e. The number of carbonyl (C=O) groups is 1. The van der Waals surface area contributed by atoms with Gasteiger partial charge in [-0.1, -0.05) is 6.92 Å². The maximum atomic E-state index is 11.9. The number of hydrogen-bond acceptors (Lipinski definition) is 4. The summed E-state index contributed by atoms with van der Waals surface area (Å²) in [6.07, 6.45) is 0.868. The second-order valence-corrected chi connectivity index (χ2v) is 4.18. The van der Waals surface area contributed by atoms with E-state index in [1.165, 1.54) is 7.11 Å². The molecule has 5 nitrogen and oxygen atoms in total. The number of methoxy groups -OCH3 is 2. The summed E-state index contributed by atoms with van der Waals surface area (Å²) in [5.41, 5.74) is 0.503. The summed E-state index contributed by atoms with van der Waals surface area (Å²) in [5, 5.41) is 12.2. The van der Waals surface area contributed by atoms with Crippen LogP contribution in [0.4, 0.5) is 0 Å². The lowest BCUT2D eigenvalue weighted by Crippen LogP contribution is -2.27. The van der Waals surface area contributed by atoms with Crippen molar-refractivity contribution in [3.63, 3.8) is 0 Å². The molecule has 1 aromatic carbocycles. The van der Waals surface area contributed by atoms with Crippen molar-refractivity contribution in [3.05, 3.63) is 23.8 Å². The molecule has 0 aliphatic carbocycles. The highest BCUT2D eigenvalue weighted by Gasteiger charge is 2.10. The van der Waals surface area contributed by atoms with Crippen LogP contribution in [0.15, 0.2) is 18.2 Å². The lowest BCUT2D eigenvalue weighted by molar-refractivity contribution is 0.0941. The number of carbonyl (C=O) groups excluding carboxylic acids is 1. The number of rotatable bonds is 7. The fourth-order valence-electron chi connectivity index (χ4n) is 1.64. The molecular weight excluding hydrogens is 246 g/mol. The first kappa shape index (κ1) is 15.3. The molecule has 1 unspecified atom stereocenters. The van der Waals surface area contributed by atoms with Gasteiger partial charge in [-0.3, -0.25) is 4.79 Å². The first-order chi connectivity index (χ1) is 9.12. The van der Waals surface area contributed by atoms with Gasteiger partial charge in [0.25, 0.3) is 5.91 Å². The number of aliphatic hydroxyl groups excluding tert-OH is 1. The Balaban J connectivity index is 2.62. The number of aliphatic hydroxyl groups is 1. The minimum atomic E-state index is -0.370. The van der Waals surface area contributed by atoms with Gasteiger partial charge in [0.15, 0.2) is 11.5 Å². The van der Waals surface area contributed by atoms with E-state index in [-0.39, 0.29) is 12.0 Å². The molecule has 0 heterocycles. The van der Waals surface area contributed by atoms with Gasteiger partial charge in [-0.25, -0.2) is 0 Å². The molecule has 0 spiro atoms. The third-order valence-electron chi connectivity index (χ3n) is 2.88. The van der Waals surface area contributed by atoms with Crippen molar-refractivity contribution in [1.82, 2.24) is 5.32 Å². The molecular formula is C14H21NO4. The van der Waals surface area contributed by atoms with E-state index in [1.54, 1.807) is 25.3 Å². The van der Waals surface area contributed by atoms with E-state index in [1.807, 2.05) is 6.92 Å². The molecule has 0 saturated carbocycles. The lowest BCUT2D eigenvalue weighted by Gasteiger charge is -2.11. The zero-order valence-corrected chi connectivity index (χ0v) is 11.6. The van der Waals surface area contributed by atoms with Crippen LogP contribution in [0.1, 0.15) is 30.1 Å². The van der Waals surface area contributed by atoms with Gasteiger partial charge in [-0.15, -0.1) is 0 Å². The van der Waals surface area contributed by atoms with E-state index in [2.05, 4.69) is 5.32 Å². The fourth-order valence-corrected chi connectivity index (χ4v) is 1.64. The van der Waals surface area contributed by atoms with Gasteiger partial charge in [0.2, 0.25) is 0 Å². The minimum Gasteiger partial charge on any atom is -0.493 e. The highest BCUT2D eigenvalue weighted by atomic mass is 16.5. The Kier molecular flexibility index (Phi) is 6.15. The van der Waals surface area contributed by atoms with Crippen LogP contribution in [-0.4, -0.2) is 37.9 Å². The second kappa shape index (κ2) is 7.63. The van der Waals surface area contributed by atoms with Crippen molar-refractivity contribution in [1.29, 1.82) is 0 Å². The van der Waals surface area contributed by atoms with Crippen LogP contribution in [0.3, 0.4) is 0 Å². The molecule has 1 amide bonds. The van der Waals surface area contributed by atoms with E-state index in [0.29, 0.717) is 36.4 Å². The summed E-state index contributed by atoms with van der Waals surface area (Å²) in [5.74, 6) is 0.911. The van der Waals surface area contributed by atoms with Gasteiger partial charge in [0.1, 0.15) is 0 Å². The third-order valence-corrected chi connectivity index (χ3v) is 2.88. The van der Waals surface area contributed by atoms with Crippen molar-refractivity contribution in [2.45, 2.75) is 25.9 Å². The Morgan fingerprint density at radius 2 is 2.00 bits per heavy atom. The molecule has 19 heavy (non-hydrogen) atoms. The van der Waals surface area contributed by atoms with Crippen LogP contribution in [0.2, 0.25) is 0 Å². The molecule has 1 atom stereocenters. The molecule has 0 bridgehead atoms. The van der Waals surface area contributed by atoms with Crippen molar-refractivity contribution in [2.75, 3.05) is 20.8 Å². The average molecular weight is 267 g/mol. The van der Waals surface area contributed by atoms with E-state index >= 15 is 0 Å². The molecule has 1 aromatic rings. The monoisotopic (exact) mass is 267 g/mol. The Morgan fingerprint density at radius 3 is 2.58 bits per heavy atom. The Hall–Kier alpha value is -1.75. The largest absolute Gasteiger partial charge is 0.493 e. The minimum absolute atomic E-state index is 0.191. The summed E-state index contributed by atoms with van der Waals surface area (Å²) in [6.45, 7) is 2.35. The van der Waals surface area contributed by atoms with Crippen LogP contribution in [0.5, 0.6) is 11.5 Å². The molecule has 0 fully saturated rings. The molecule has 0 aliphatic rings. The summed E-state index contributed by atoms with van der Waals surface area (Å²) in [6, 6.07) is 4.99. The summed E-state index contributed by atoms with van der Waals surface area (Å²) in [7, 11) is 3.07. The predicted octanol–water partition coefficient (Wildman–Crippen LogP) is 1.59.